The molecule has 4 aromatic rings. The first-order valence-electron chi connectivity index (χ1n) is 7.83. The Bertz CT molecular complexity index is 1030. The third-order valence-corrected chi connectivity index (χ3v) is 4.05. The number of nitrogens with zero attached hydrogens (tertiary/aromatic N) is 1. The van der Waals surface area contributed by atoms with Crippen molar-refractivity contribution in [2.24, 2.45) is 0 Å². The molecule has 3 aromatic heterocycles. The maximum atomic E-state index is 12.3. The molecule has 7 heteroatoms. The first-order chi connectivity index (χ1) is 12.7. The van der Waals surface area contributed by atoms with Crippen molar-refractivity contribution in [2.75, 3.05) is 0 Å². The van der Waals surface area contributed by atoms with Crippen LogP contribution in [0.25, 0.3) is 22.8 Å². The van der Waals surface area contributed by atoms with E-state index in [0.717, 1.165) is 5.56 Å². The lowest BCUT2D eigenvalue weighted by Crippen LogP contribution is -2.22. The highest BCUT2D eigenvalue weighted by Crippen LogP contribution is 2.29. The molecule has 3 heterocycles. The molecule has 1 N–H and O–H groups in total. The Hall–Kier alpha value is -3.25. The van der Waals surface area contributed by atoms with Gasteiger partial charge in [0.25, 0.3) is 5.91 Å². The molecule has 0 saturated heterocycles. The molecule has 0 aliphatic heterocycles. The van der Waals surface area contributed by atoms with Gasteiger partial charge in [0, 0.05) is 11.6 Å². The Morgan fingerprint density at radius 2 is 1.92 bits per heavy atom. The molecule has 0 saturated carbocycles. The lowest BCUT2D eigenvalue weighted by molar-refractivity contribution is 0.0923. The molecule has 0 aliphatic carbocycles. The molecule has 1 aromatic carbocycles. The predicted octanol–water partition coefficient (Wildman–Crippen LogP) is 4.78. The number of hydrogen-bond acceptors (Lipinski definition) is 5. The van der Waals surface area contributed by atoms with Crippen molar-refractivity contribution in [3.8, 4) is 22.8 Å². The summed E-state index contributed by atoms with van der Waals surface area (Å²) >= 11 is 6.15. The van der Waals surface area contributed by atoms with E-state index in [9.17, 15) is 4.79 Å². The van der Waals surface area contributed by atoms with Gasteiger partial charge in [0.05, 0.1) is 17.8 Å². The smallest absolute Gasteiger partial charge is 0.287 e. The van der Waals surface area contributed by atoms with E-state index >= 15 is 0 Å². The molecular formula is C19H13ClN2O4. The molecule has 0 aliphatic rings. The van der Waals surface area contributed by atoms with Gasteiger partial charge in [-0.2, -0.15) is 0 Å². The fraction of sp³-hybridized carbons (Fsp3) is 0.0526. The second-order valence-electron chi connectivity index (χ2n) is 5.49. The molecule has 6 nitrogen and oxygen atoms in total. The number of carbonyl (C=O) groups is 1. The number of halogens is 1. The number of hydrogen-bond donors (Lipinski definition) is 1. The van der Waals surface area contributed by atoms with Gasteiger partial charge in [0.15, 0.2) is 11.5 Å². The Kier molecular flexibility index (Phi) is 4.33. The van der Waals surface area contributed by atoms with E-state index in [4.69, 9.17) is 25.0 Å². The summed E-state index contributed by atoms with van der Waals surface area (Å²) in [5.41, 5.74) is 1.30. The molecule has 0 radical (unpaired) electrons. The van der Waals surface area contributed by atoms with Gasteiger partial charge in [-0.05, 0) is 36.4 Å². The first kappa shape index (κ1) is 16.2. The number of carbonyl (C=O) groups excluding carboxylic acids is 1. The zero-order chi connectivity index (χ0) is 17.9. The zero-order valence-electron chi connectivity index (χ0n) is 13.4. The maximum absolute atomic E-state index is 12.3. The Balaban J connectivity index is 1.42. The molecule has 4 rings (SSSR count). The lowest BCUT2D eigenvalue weighted by atomic mass is 10.2. The van der Waals surface area contributed by atoms with Gasteiger partial charge in [-0.1, -0.05) is 28.9 Å². The minimum Gasteiger partial charge on any atom is -0.461 e. The summed E-state index contributed by atoms with van der Waals surface area (Å²) in [5.74, 6) is 1.44. The molecule has 0 atom stereocenters. The molecule has 0 spiro atoms. The molecule has 0 bridgehead atoms. The van der Waals surface area contributed by atoms with Crippen molar-refractivity contribution in [3.63, 3.8) is 0 Å². The molecule has 0 unspecified atom stereocenters. The van der Waals surface area contributed by atoms with E-state index < -0.39 is 0 Å². The molecular weight excluding hydrogens is 356 g/mol. The minimum atomic E-state index is -0.356. The second kappa shape index (κ2) is 6.93. The number of amides is 1. The number of nitrogens with one attached hydrogen (secondary N) is 1. The normalized spacial score (nSPS) is 10.8. The average Bonchev–Trinajstić information content (AvgIpc) is 3.40. The summed E-state index contributed by atoms with van der Waals surface area (Å²) < 4.78 is 16.0. The summed E-state index contributed by atoms with van der Waals surface area (Å²) in [6.07, 6.45) is 1.55. The fourth-order valence-corrected chi connectivity index (χ4v) is 2.68. The van der Waals surface area contributed by atoms with Gasteiger partial charge in [0.1, 0.15) is 11.5 Å². The van der Waals surface area contributed by atoms with E-state index in [-0.39, 0.29) is 18.2 Å². The highest BCUT2D eigenvalue weighted by atomic mass is 35.5. The van der Waals surface area contributed by atoms with Gasteiger partial charge in [-0.25, -0.2) is 0 Å². The zero-order valence-corrected chi connectivity index (χ0v) is 14.2. The molecule has 130 valence electrons. The summed E-state index contributed by atoms with van der Waals surface area (Å²) in [5, 5.41) is 7.20. The van der Waals surface area contributed by atoms with Crippen LogP contribution in [0, 0.1) is 0 Å². The standard InChI is InChI=1S/C19H13ClN2O4/c20-14-5-2-1-4-13(14)15-7-8-17(25-15)19(23)21-11-12-10-18(26-22-12)16-6-3-9-24-16/h1-10H,11H2,(H,21,23). The van der Waals surface area contributed by atoms with Crippen LogP contribution in [0.3, 0.4) is 0 Å². The largest absolute Gasteiger partial charge is 0.461 e. The van der Waals surface area contributed by atoms with Gasteiger partial charge < -0.3 is 18.7 Å². The number of aromatic nitrogens is 1. The van der Waals surface area contributed by atoms with Gasteiger partial charge in [-0.15, -0.1) is 0 Å². The predicted molar refractivity (Wildman–Crippen MR) is 94.5 cm³/mol. The Morgan fingerprint density at radius 3 is 2.73 bits per heavy atom. The van der Waals surface area contributed by atoms with E-state index in [1.165, 1.54) is 0 Å². The third-order valence-electron chi connectivity index (χ3n) is 3.72. The number of benzene rings is 1. The number of furan rings is 2. The minimum absolute atomic E-state index is 0.190. The monoisotopic (exact) mass is 368 g/mol. The van der Waals surface area contributed by atoms with Crippen molar-refractivity contribution in [2.45, 2.75) is 6.54 Å². The van der Waals surface area contributed by atoms with E-state index in [0.29, 0.717) is 28.0 Å². The van der Waals surface area contributed by atoms with Crippen molar-refractivity contribution in [1.82, 2.24) is 10.5 Å². The van der Waals surface area contributed by atoms with E-state index in [1.54, 1.807) is 42.7 Å². The highest BCUT2D eigenvalue weighted by Gasteiger charge is 2.15. The Morgan fingerprint density at radius 1 is 1.04 bits per heavy atom. The van der Waals surface area contributed by atoms with Crippen LogP contribution < -0.4 is 5.32 Å². The van der Waals surface area contributed by atoms with Gasteiger partial charge >= 0.3 is 0 Å². The van der Waals surface area contributed by atoms with Crippen LogP contribution in [0.5, 0.6) is 0 Å². The maximum Gasteiger partial charge on any atom is 0.287 e. The summed E-state index contributed by atoms with van der Waals surface area (Å²) in [4.78, 5) is 12.3. The van der Waals surface area contributed by atoms with Crippen LogP contribution in [-0.4, -0.2) is 11.1 Å². The number of rotatable bonds is 5. The van der Waals surface area contributed by atoms with Crippen molar-refractivity contribution < 1.29 is 18.2 Å². The Labute approximate surface area is 153 Å². The van der Waals surface area contributed by atoms with E-state index in [1.807, 2.05) is 18.2 Å². The van der Waals surface area contributed by atoms with Crippen LogP contribution in [0.4, 0.5) is 0 Å². The summed E-state index contributed by atoms with van der Waals surface area (Å²) in [6, 6.07) is 15.8. The van der Waals surface area contributed by atoms with E-state index in [2.05, 4.69) is 10.5 Å². The topological polar surface area (TPSA) is 81.4 Å². The van der Waals surface area contributed by atoms with Crippen LogP contribution in [0.15, 0.2) is 74.2 Å². The third kappa shape index (κ3) is 3.27. The van der Waals surface area contributed by atoms with Gasteiger partial charge in [-0.3, -0.25) is 4.79 Å². The van der Waals surface area contributed by atoms with Gasteiger partial charge in [0.2, 0.25) is 5.76 Å². The van der Waals surface area contributed by atoms with Crippen LogP contribution >= 0.6 is 11.6 Å². The summed E-state index contributed by atoms with van der Waals surface area (Å²) in [6.45, 7) is 0.200. The molecule has 1 amide bonds. The van der Waals surface area contributed by atoms with Crippen LogP contribution in [-0.2, 0) is 6.54 Å². The quantitative estimate of drug-likeness (QED) is 0.548. The molecule has 0 fully saturated rings. The molecule has 26 heavy (non-hydrogen) atoms. The van der Waals surface area contributed by atoms with Crippen molar-refractivity contribution >= 4 is 17.5 Å². The van der Waals surface area contributed by atoms with Crippen LogP contribution in [0.1, 0.15) is 16.2 Å². The SMILES string of the molecule is O=C(NCc1cc(-c2ccco2)on1)c1ccc(-c2ccccc2Cl)o1. The summed E-state index contributed by atoms with van der Waals surface area (Å²) in [7, 11) is 0. The first-order valence-corrected chi connectivity index (χ1v) is 8.21. The van der Waals surface area contributed by atoms with Crippen molar-refractivity contribution in [3.05, 3.63) is 77.3 Å². The van der Waals surface area contributed by atoms with Crippen LogP contribution in [0.2, 0.25) is 5.02 Å². The van der Waals surface area contributed by atoms with Crippen molar-refractivity contribution in [1.29, 1.82) is 0 Å². The lowest BCUT2D eigenvalue weighted by Gasteiger charge is -2.01. The average molecular weight is 369 g/mol. The second-order valence-corrected chi connectivity index (χ2v) is 5.89. The highest BCUT2D eigenvalue weighted by molar-refractivity contribution is 6.33. The fourth-order valence-electron chi connectivity index (χ4n) is 2.45.